The van der Waals surface area contributed by atoms with Crippen LogP contribution in [0.2, 0.25) is 0 Å². The summed E-state index contributed by atoms with van der Waals surface area (Å²) in [7, 11) is 0. The lowest BCUT2D eigenvalue weighted by molar-refractivity contribution is 0.614. The van der Waals surface area contributed by atoms with Crippen LogP contribution in [0.25, 0.3) is 0 Å². The van der Waals surface area contributed by atoms with Gasteiger partial charge in [-0.15, -0.1) is 0 Å². The molecule has 1 heteroatoms. The molecular formula is C19H33N. The summed E-state index contributed by atoms with van der Waals surface area (Å²) in [5, 5.41) is 3.40. The van der Waals surface area contributed by atoms with Crippen molar-refractivity contribution in [1.82, 2.24) is 5.32 Å². The van der Waals surface area contributed by atoms with E-state index in [4.69, 9.17) is 0 Å². The van der Waals surface area contributed by atoms with Crippen molar-refractivity contribution in [3.8, 4) is 0 Å². The Morgan fingerprint density at radius 3 is 2.30 bits per heavy atom. The van der Waals surface area contributed by atoms with Gasteiger partial charge in [-0.1, -0.05) is 59.2 Å². The van der Waals surface area contributed by atoms with Crippen molar-refractivity contribution >= 4 is 0 Å². The summed E-state index contributed by atoms with van der Waals surface area (Å²) in [6.07, 6.45) is 5.18. The van der Waals surface area contributed by atoms with E-state index in [0.29, 0.717) is 11.8 Å². The smallest absolute Gasteiger partial charge is 0.00490 e. The van der Waals surface area contributed by atoms with Gasteiger partial charge in [0.25, 0.3) is 0 Å². The molecule has 114 valence electrons. The van der Waals surface area contributed by atoms with Gasteiger partial charge in [-0.25, -0.2) is 0 Å². The van der Waals surface area contributed by atoms with Gasteiger partial charge in [0, 0.05) is 0 Å². The average molecular weight is 275 g/mol. The fourth-order valence-electron chi connectivity index (χ4n) is 2.66. The maximum Gasteiger partial charge on any atom is -0.00490 e. The van der Waals surface area contributed by atoms with E-state index in [9.17, 15) is 0 Å². The number of benzene rings is 1. The van der Waals surface area contributed by atoms with E-state index in [1.165, 1.54) is 37.8 Å². The lowest BCUT2D eigenvalue weighted by atomic mass is 9.89. The monoisotopic (exact) mass is 275 g/mol. The van der Waals surface area contributed by atoms with Crippen LogP contribution in [0.4, 0.5) is 0 Å². The molecule has 0 radical (unpaired) electrons. The quantitative estimate of drug-likeness (QED) is 0.606. The Bertz CT molecular complexity index is 379. The van der Waals surface area contributed by atoms with Gasteiger partial charge in [0.15, 0.2) is 0 Å². The average Bonchev–Trinajstić information content (AvgIpc) is 2.42. The van der Waals surface area contributed by atoms with Crippen LogP contribution in [0.1, 0.15) is 82.4 Å². The minimum atomic E-state index is 0.627. The van der Waals surface area contributed by atoms with Gasteiger partial charge < -0.3 is 5.32 Å². The first-order valence-corrected chi connectivity index (χ1v) is 8.39. The molecule has 0 atom stereocenters. The highest BCUT2D eigenvalue weighted by Gasteiger charge is 2.09. The Labute approximate surface area is 126 Å². The molecule has 1 aromatic rings. The number of unbranched alkanes of at least 4 members (excludes halogenated alkanes) is 2. The molecule has 0 saturated carbocycles. The van der Waals surface area contributed by atoms with Crippen LogP contribution in [0.15, 0.2) is 18.2 Å². The summed E-state index contributed by atoms with van der Waals surface area (Å²) in [4.78, 5) is 0. The lowest BCUT2D eigenvalue weighted by Gasteiger charge is -2.16. The van der Waals surface area contributed by atoms with E-state index in [-0.39, 0.29) is 0 Å². The predicted octanol–water partition coefficient (Wildman–Crippen LogP) is 5.26. The van der Waals surface area contributed by atoms with E-state index in [0.717, 1.165) is 6.54 Å². The third kappa shape index (κ3) is 5.66. The third-order valence-corrected chi connectivity index (χ3v) is 4.01. The van der Waals surface area contributed by atoms with Crippen molar-refractivity contribution in [3.63, 3.8) is 0 Å². The second kappa shape index (κ2) is 9.18. The van der Waals surface area contributed by atoms with E-state index in [1.807, 2.05) is 0 Å². The minimum Gasteiger partial charge on any atom is -0.317 e. The molecule has 0 spiro atoms. The van der Waals surface area contributed by atoms with Gasteiger partial charge in [-0.05, 0) is 60.9 Å². The highest BCUT2D eigenvalue weighted by atomic mass is 14.8. The highest BCUT2D eigenvalue weighted by molar-refractivity contribution is 5.35. The molecule has 1 nitrogen and oxygen atoms in total. The lowest BCUT2D eigenvalue weighted by Crippen LogP contribution is -2.13. The molecule has 1 rings (SSSR count). The number of hydrogen-bond donors (Lipinski definition) is 1. The van der Waals surface area contributed by atoms with E-state index in [2.05, 4.69) is 58.1 Å². The normalized spacial score (nSPS) is 11.6. The molecule has 0 aliphatic rings. The van der Waals surface area contributed by atoms with Crippen LogP contribution in [-0.2, 0) is 6.42 Å². The molecule has 0 aromatic heterocycles. The Morgan fingerprint density at radius 2 is 1.70 bits per heavy atom. The van der Waals surface area contributed by atoms with Gasteiger partial charge in [0.1, 0.15) is 0 Å². The topological polar surface area (TPSA) is 12.0 Å². The fraction of sp³-hybridized carbons (Fsp3) is 0.684. The second-order valence-electron chi connectivity index (χ2n) is 6.43. The standard InChI is InChI=1S/C19H33N/c1-6-20-13-9-7-8-10-17-11-12-18(15(2)3)14-19(17)16(4)5/h11-12,14-16,20H,6-10,13H2,1-5H3. The molecule has 0 fully saturated rings. The maximum absolute atomic E-state index is 3.40. The molecular weight excluding hydrogens is 242 g/mol. The first-order valence-electron chi connectivity index (χ1n) is 8.39. The van der Waals surface area contributed by atoms with Crippen molar-refractivity contribution in [2.75, 3.05) is 13.1 Å². The fourth-order valence-corrected chi connectivity index (χ4v) is 2.66. The molecule has 0 bridgehead atoms. The molecule has 0 amide bonds. The zero-order valence-corrected chi connectivity index (χ0v) is 14.1. The predicted molar refractivity (Wildman–Crippen MR) is 90.7 cm³/mol. The Balaban J connectivity index is 2.56. The first kappa shape index (κ1) is 17.2. The van der Waals surface area contributed by atoms with Crippen LogP contribution >= 0.6 is 0 Å². The number of nitrogens with one attached hydrogen (secondary N) is 1. The number of aryl methyl sites for hydroxylation is 1. The van der Waals surface area contributed by atoms with Crippen molar-refractivity contribution in [1.29, 1.82) is 0 Å². The first-order chi connectivity index (χ1) is 9.56. The molecule has 20 heavy (non-hydrogen) atoms. The number of rotatable bonds is 9. The summed E-state index contributed by atoms with van der Waals surface area (Å²) >= 11 is 0. The van der Waals surface area contributed by atoms with Crippen LogP contribution in [0.5, 0.6) is 0 Å². The largest absolute Gasteiger partial charge is 0.317 e. The van der Waals surface area contributed by atoms with Crippen molar-refractivity contribution in [2.45, 2.75) is 72.1 Å². The van der Waals surface area contributed by atoms with E-state index in [1.54, 1.807) is 11.1 Å². The van der Waals surface area contributed by atoms with Crippen LogP contribution in [-0.4, -0.2) is 13.1 Å². The Kier molecular flexibility index (Phi) is 7.91. The third-order valence-electron chi connectivity index (χ3n) is 4.01. The maximum atomic E-state index is 3.40. The van der Waals surface area contributed by atoms with Gasteiger partial charge in [-0.3, -0.25) is 0 Å². The van der Waals surface area contributed by atoms with Gasteiger partial charge >= 0.3 is 0 Å². The van der Waals surface area contributed by atoms with E-state index >= 15 is 0 Å². The van der Waals surface area contributed by atoms with Crippen LogP contribution in [0.3, 0.4) is 0 Å². The molecule has 0 saturated heterocycles. The molecule has 1 N–H and O–H groups in total. The van der Waals surface area contributed by atoms with Crippen LogP contribution in [0, 0.1) is 0 Å². The number of hydrogen-bond acceptors (Lipinski definition) is 1. The molecule has 0 heterocycles. The molecule has 0 aliphatic heterocycles. The van der Waals surface area contributed by atoms with Crippen molar-refractivity contribution in [2.24, 2.45) is 0 Å². The highest BCUT2D eigenvalue weighted by Crippen LogP contribution is 2.26. The molecule has 0 aliphatic carbocycles. The summed E-state index contributed by atoms with van der Waals surface area (Å²) in [5.74, 6) is 1.26. The molecule has 0 unspecified atom stereocenters. The van der Waals surface area contributed by atoms with Crippen molar-refractivity contribution < 1.29 is 0 Å². The van der Waals surface area contributed by atoms with Crippen molar-refractivity contribution in [3.05, 3.63) is 34.9 Å². The Hall–Kier alpha value is -0.820. The minimum absolute atomic E-state index is 0.627. The summed E-state index contributed by atoms with van der Waals surface area (Å²) < 4.78 is 0. The summed E-state index contributed by atoms with van der Waals surface area (Å²) in [5.41, 5.74) is 4.60. The van der Waals surface area contributed by atoms with Gasteiger partial charge in [0.05, 0.1) is 0 Å². The second-order valence-corrected chi connectivity index (χ2v) is 6.43. The zero-order chi connectivity index (χ0) is 15.0. The van der Waals surface area contributed by atoms with Gasteiger partial charge in [-0.2, -0.15) is 0 Å². The SMILES string of the molecule is CCNCCCCCc1ccc(C(C)C)cc1C(C)C. The summed E-state index contributed by atoms with van der Waals surface area (Å²) in [6, 6.07) is 7.13. The Morgan fingerprint density at radius 1 is 0.950 bits per heavy atom. The zero-order valence-electron chi connectivity index (χ0n) is 14.1. The van der Waals surface area contributed by atoms with Gasteiger partial charge in [0.2, 0.25) is 0 Å². The van der Waals surface area contributed by atoms with Crippen LogP contribution < -0.4 is 5.32 Å². The molecule has 1 aromatic carbocycles. The summed E-state index contributed by atoms with van der Waals surface area (Å²) in [6.45, 7) is 13.6. The van der Waals surface area contributed by atoms with E-state index < -0.39 is 0 Å².